The second-order valence-electron chi connectivity index (χ2n) is 3.93. The van der Waals surface area contributed by atoms with E-state index in [0.717, 1.165) is 12.2 Å². The Morgan fingerprint density at radius 2 is 2.22 bits per heavy atom. The zero-order valence-electron chi connectivity index (χ0n) is 10.5. The van der Waals surface area contributed by atoms with Crippen molar-refractivity contribution in [2.75, 3.05) is 7.11 Å². The van der Waals surface area contributed by atoms with Crippen molar-refractivity contribution in [3.63, 3.8) is 0 Å². The van der Waals surface area contributed by atoms with Crippen LogP contribution in [0.4, 0.5) is 0 Å². The second-order valence-corrected chi connectivity index (χ2v) is 3.93. The molecule has 0 aliphatic carbocycles. The van der Waals surface area contributed by atoms with Gasteiger partial charge in [0.1, 0.15) is 24.0 Å². The number of furan rings is 1. The predicted molar refractivity (Wildman–Crippen MR) is 65.3 cm³/mol. The lowest BCUT2D eigenvalue weighted by Crippen LogP contribution is -2.03. The van der Waals surface area contributed by atoms with Crippen LogP contribution in [0.3, 0.4) is 0 Å². The first-order valence-corrected chi connectivity index (χ1v) is 5.84. The van der Waals surface area contributed by atoms with E-state index in [1.807, 2.05) is 13.0 Å². The van der Waals surface area contributed by atoms with Crippen LogP contribution in [0.2, 0.25) is 0 Å². The molecule has 0 aliphatic heterocycles. The molecular weight excluding hydrogens is 232 g/mol. The molecule has 0 amide bonds. The van der Waals surface area contributed by atoms with E-state index >= 15 is 0 Å². The lowest BCUT2D eigenvalue weighted by molar-refractivity contribution is 0.147. The number of ether oxygens (including phenoxy) is 1. The van der Waals surface area contributed by atoms with E-state index < -0.39 is 6.10 Å². The Morgan fingerprint density at radius 3 is 2.89 bits per heavy atom. The number of hydrogen-bond donors (Lipinski definition) is 1. The van der Waals surface area contributed by atoms with Crippen molar-refractivity contribution in [2.45, 2.75) is 25.9 Å². The fourth-order valence-electron chi connectivity index (χ4n) is 1.66. The molecule has 2 heterocycles. The molecule has 1 atom stereocenters. The first-order valence-electron chi connectivity index (χ1n) is 5.84. The number of aliphatic hydroxyl groups is 1. The van der Waals surface area contributed by atoms with E-state index in [0.29, 0.717) is 23.8 Å². The van der Waals surface area contributed by atoms with Gasteiger partial charge in [-0.2, -0.15) is 0 Å². The average molecular weight is 248 g/mol. The first kappa shape index (κ1) is 12.6. The molecule has 96 valence electrons. The van der Waals surface area contributed by atoms with E-state index in [9.17, 15) is 5.11 Å². The number of aromatic nitrogens is 2. The molecule has 0 radical (unpaired) electrons. The summed E-state index contributed by atoms with van der Waals surface area (Å²) in [6, 6.07) is 5.37. The number of methoxy groups -OCH3 is 1. The minimum Gasteiger partial charge on any atom is -0.481 e. The van der Waals surface area contributed by atoms with Gasteiger partial charge in [0.15, 0.2) is 0 Å². The molecular formula is C13H16N2O3. The molecule has 2 rings (SSSR count). The SMILES string of the molecule is CCc1ccc(C(O)Cc2cc(OC)ncn2)o1. The normalized spacial score (nSPS) is 12.4. The fourth-order valence-corrected chi connectivity index (χ4v) is 1.66. The molecule has 0 spiro atoms. The van der Waals surface area contributed by atoms with Gasteiger partial charge < -0.3 is 14.3 Å². The minimum atomic E-state index is -0.704. The summed E-state index contributed by atoms with van der Waals surface area (Å²) in [4.78, 5) is 8.00. The standard InChI is InChI=1S/C13H16N2O3/c1-3-10-4-5-12(18-10)11(16)6-9-7-13(17-2)15-8-14-9/h4-5,7-8,11,16H,3,6H2,1-2H3. The van der Waals surface area contributed by atoms with Crippen LogP contribution >= 0.6 is 0 Å². The first-order chi connectivity index (χ1) is 8.72. The number of nitrogens with zero attached hydrogens (tertiary/aromatic N) is 2. The molecule has 2 aromatic heterocycles. The van der Waals surface area contributed by atoms with Crippen LogP contribution in [0.5, 0.6) is 5.88 Å². The van der Waals surface area contributed by atoms with Crippen LogP contribution in [0.15, 0.2) is 28.9 Å². The molecule has 5 heteroatoms. The number of aryl methyl sites for hydroxylation is 1. The van der Waals surface area contributed by atoms with E-state index in [1.54, 1.807) is 19.2 Å². The summed E-state index contributed by atoms with van der Waals surface area (Å²) in [6.07, 6.45) is 1.90. The van der Waals surface area contributed by atoms with Gasteiger partial charge in [0.2, 0.25) is 5.88 Å². The Balaban J connectivity index is 2.08. The second kappa shape index (κ2) is 5.64. The van der Waals surface area contributed by atoms with Gasteiger partial charge in [-0.15, -0.1) is 0 Å². The monoisotopic (exact) mass is 248 g/mol. The van der Waals surface area contributed by atoms with Crippen LogP contribution < -0.4 is 4.74 Å². The highest BCUT2D eigenvalue weighted by molar-refractivity contribution is 5.16. The van der Waals surface area contributed by atoms with Crippen LogP contribution in [-0.2, 0) is 12.8 Å². The van der Waals surface area contributed by atoms with Gasteiger partial charge in [0.25, 0.3) is 0 Å². The third-order valence-electron chi connectivity index (χ3n) is 2.67. The molecule has 18 heavy (non-hydrogen) atoms. The quantitative estimate of drug-likeness (QED) is 0.875. The van der Waals surface area contributed by atoms with E-state index in [2.05, 4.69) is 9.97 Å². The zero-order valence-corrected chi connectivity index (χ0v) is 10.5. The van der Waals surface area contributed by atoms with Gasteiger partial charge in [0, 0.05) is 18.9 Å². The van der Waals surface area contributed by atoms with E-state index in [1.165, 1.54) is 6.33 Å². The third kappa shape index (κ3) is 2.87. The van der Waals surface area contributed by atoms with Crippen molar-refractivity contribution in [1.82, 2.24) is 9.97 Å². The van der Waals surface area contributed by atoms with Gasteiger partial charge in [-0.25, -0.2) is 9.97 Å². The van der Waals surface area contributed by atoms with E-state index in [4.69, 9.17) is 9.15 Å². The number of hydrogen-bond acceptors (Lipinski definition) is 5. The van der Waals surface area contributed by atoms with Crippen molar-refractivity contribution in [3.05, 3.63) is 41.7 Å². The van der Waals surface area contributed by atoms with Gasteiger partial charge in [-0.3, -0.25) is 0 Å². The third-order valence-corrected chi connectivity index (χ3v) is 2.67. The molecule has 0 bridgehead atoms. The van der Waals surface area contributed by atoms with Gasteiger partial charge >= 0.3 is 0 Å². The largest absolute Gasteiger partial charge is 0.481 e. The maximum Gasteiger partial charge on any atom is 0.216 e. The predicted octanol–water partition coefficient (Wildman–Crippen LogP) is 1.92. The van der Waals surface area contributed by atoms with Crippen molar-refractivity contribution >= 4 is 0 Å². The van der Waals surface area contributed by atoms with Gasteiger partial charge in [0.05, 0.1) is 12.8 Å². The summed E-state index contributed by atoms with van der Waals surface area (Å²) in [5.74, 6) is 1.91. The molecule has 5 nitrogen and oxygen atoms in total. The summed E-state index contributed by atoms with van der Waals surface area (Å²) in [5, 5.41) is 10.1. The van der Waals surface area contributed by atoms with Crippen molar-refractivity contribution in [2.24, 2.45) is 0 Å². The number of rotatable bonds is 5. The summed E-state index contributed by atoms with van der Waals surface area (Å²) in [6.45, 7) is 2.00. The van der Waals surface area contributed by atoms with Crippen LogP contribution in [0.1, 0.15) is 30.2 Å². The lowest BCUT2D eigenvalue weighted by Gasteiger charge is -2.07. The lowest BCUT2D eigenvalue weighted by atomic mass is 10.1. The maximum absolute atomic E-state index is 10.1. The van der Waals surface area contributed by atoms with Crippen LogP contribution in [0.25, 0.3) is 0 Å². The van der Waals surface area contributed by atoms with E-state index in [-0.39, 0.29) is 0 Å². The number of aliphatic hydroxyl groups excluding tert-OH is 1. The van der Waals surface area contributed by atoms with Crippen molar-refractivity contribution in [3.8, 4) is 5.88 Å². The molecule has 2 aromatic rings. The summed E-state index contributed by atoms with van der Waals surface area (Å²) < 4.78 is 10.5. The average Bonchev–Trinajstić information content (AvgIpc) is 2.88. The fraction of sp³-hybridized carbons (Fsp3) is 0.385. The summed E-state index contributed by atoms with van der Waals surface area (Å²) in [5.41, 5.74) is 0.712. The highest BCUT2D eigenvalue weighted by Crippen LogP contribution is 2.21. The Hall–Kier alpha value is -1.88. The van der Waals surface area contributed by atoms with Gasteiger partial charge in [-0.05, 0) is 12.1 Å². The highest BCUT2D eigenvalue weighted by atomic mass is 16.5. The smallest absolute Gasteiger partial charge is 0.216 e. The molecule has 0 fully saturated rings. The Kier molecular flexibility index (Phi) is 3.94. The Labute approximate surface area is 105 Å². The van der Waals surface area contributed by atoms with Crippen molar-refractivity contribution in [1.29, 1.82) is 0 Å². The Morgan fingerprint density at radius 1 is 1.39 bits per heavy atom. The highest BCUT2D eigenvalue weighted by Gasteiger charge is 2.14. The minimum absolute atomic E-state index is 0.371. The Bertz CT molecular complexity index is 510. The zero-order chi connectivity index (χ0) is 13.0. The summed E-state index contributed by atoms with van der Waals surface area (Å²) >= 11 is 0. The molecule has 0 aliphatic rings. The molecule has 0 saturated heterocycles. The molecule has 0 saturated carbocycles. The molecule has 1 unspecified atom stereocenters. The molecule has 0 aromatic carbocycles. The maximum atomic E-state index is 10.1. The van der Waals surface area contributed by atoms with Crippen LogP contribution in [0, 0.1) is 0 Å². The molecule has 1 N–H and O–H groups in total. The van der Waals surface area contributed by atoms with Crippen LogP contribution in [-0.4, -0.2) is 22.2 Å². The van der Waals surface area contributed by atoms with Crippen molar-refractivity contribution < 1.29 is 14.3 Å². The topological polar surface area (TPSA) is 68.4 Å². The summed E-state index contributed by atoms with van der Waals surface area (Å²) in [7, 11) is 1.54. The van der Waals surface area contributed by atoms with Gasteiger partial charge in [-0.1, -0.05) is 6.92 Å².